The third-order valence-corrected chi connectivity index (χ3v) is 5.40. The van der Waals surface area contributed by atoms with Gasteiger partial charge in [-0.15, -0.1) is 10.2 Å². The molecule has 0 bridgehead atoms. The second-order valence-electron chi connectivity index (χ2n) is 6.95. The van der Waals surface area contributed by atoms with E-state index in [4.69, 9.17) is 31.9 Å². The molecule has 0 aliphatic heterocycles. The van der Waals surface area contributed by atoms with Crippen molar-refractivity contribution in [1.82, 2.24) is 10.2 Å². The van der Waals surface area contributed by atoms with Gasteiger partial charge in [-0.2, -0.15) is 0 Å². The first-order valence-electron chi connectivity index (χ1n) is 9.27. The summed E-state index contributed by atoms with van der Waals surface area (Å²) in [6, 6.07) is 11.0. The topological polar surface area (TPSA) is 90.5 Å². The Morgan fingerprint density at radius 2 is 1.83 bits per heavy atom. The van der Waals surface area contributed by atoms with Gasteiger partial charge in [-0.25, -0.2) is 0 Å². The predicted molar refractivity (Wildman–Crippen MR) is 117 cm³/mol. The fourth-order valence-corrected chi connectivity index (χ4v) is 3.81. The Balaban J connectivity index is 1.80. The molecule has 0 aliphatic carbocycles. The average molecular weight is 434 g/mol. The first-order valence-corrected chi connectivity index (χ1v) is 10.5. The highest BCUT2D eigenvalue weighted by atomic mass is 35.5. The number of nitrogens with two attached hydrogens (primary N) is 1. The van der Waals surface area contributed by atoms with Crippen LogP contribution in [-0.4, -0.2) is 40.7 Å². The van der Waals surface area contributed by atoms with Gasteiger partial charge < -0.3 is 20.3 Å². The molecule has 0 amide bonds. The first kappa shape index (κ1) is 21.5. The van der Waals surface area contributed by atoms with Crippen LogP contribution in [0.5, 0.6) is 11.5 Å². The van der Waals surface area contributed by atoms with Crippen LogP contribution in [0.1, 0.15) is 19.4 Å². The van der Waals surface area contributed by atoms with Gasteiger partial charge in [0.05, 0.1) is 23.8 Å². The fourth-order valence-electron chi connectivity index (χ4n) is 2.63. The van der Waals surface area contributed by atoms with Crippen LogP contribution in [0.2, 0.25) is 5.02 Å². The van der Waals surface area contributed by atoms with E-state index >= 15 is 0 Å². The molecule has 29 heavy (non-hydrogen) atoms. The highest BCUT2D eigenvalue weighted by Crippen LogP contribution is 2.37. The second-order valence-corrected chi connectivity index (χ2v) is 8.34. The molecule has 0 fully saturated rings. The molecule has 6 nitrogen and oxygen atoms in total. The number of benzene rings is 2. The Morgan fingerprint density at radius 1 is 1.14 bits per heavy atom. The Labute approximate surface area is 179 Å². The summed E-state index contributed by atoms with van der Waals surface area (Å²) in [5.74, 6) is 1.46. The van der Waals surface area contributed by atoms with Gasteiger partial charge in [0.15, 0.2) is 0 Å². The van der Waals surface area contributed by atoms with Gasteiger partial charge in [0.1, 0.15) is 28.1 Å². The zero-order chi connectivity index (χ0) is 21.0. The number of aliphatic hydroxyl groups is 1. The molecule has 0 saturated heterocycles. The number of hydrogen-bond donors (Lipinski definition) is 2. The first-order chi connectivity index (χ1) is 13.9. The molecule has 0 aliphatic rings. The van der Waals surface area contributed by atoms with Crippen molar-refractivity contribution in [3.05, 3.63) is 47.0 Å². The van der Waals surface area contributed by atoms with Crippen LogP contribution < -0.4 is 15.2 Å². The van der Waals surface area contributed by atoms with Gasteiger partial charge in [-0.3, -0.25) is 0 Å². The number of ether oxygens (including phenoxy) is 2. The molecule has 3 rings (SSSR count). The molecular weight excluding hydrogens is 410 g/mol. The lowest BCUT2D eigenvalue weighted by atomic mass is 10.1. The van der Waals surface area contributed by atoms with Gasteiger partial charge in [-0.1, -0.05) is 22.9 Å². The normalized spacial score (nSPS) is 12.2. The van der Waals surface area contributed by atoms with Crippen LogP contribution in [0.15, 0.2) is 36.4 Å². The molecule has 154 valence electrons. The largest absolute Gasteiger partial charge is 0.492 e. The molecule has 1 atom stereocenters. The molecule has 0 unspecified atom stereocenters. The Hall–Kier alpha value is -2.19. The van der Waals surface area contributed by atoms with Gasteiger partial charge in [-0.05, 0) is 62.7 Å². The van der Waals surface area contributed by atoms with Crippen LogP contribution in [0.4, 0.5) is 0 Å². The van der Waals surface area contributed by atoms with Gasteiger partial charge in [0, 0.05) is 11.1 Å². The van der Waals surface area contributed by atoms with E-state index in [9.17, 15) is 0 Å². The third kappa shape index (κ3) is 5.45. The van der Waals surface area contributed by atoms with Crippen LogP contribution in [0.3, 0.4) is 0 Å². The monoisotopic (exact) mass is 433 g/mol. The van der Waals surface area contributed by atoms with E-state index in [1.165, 1.54) is 11.3 Å². The molecule has 3 aromatic rings. The Morgan fingerprint density at radius 3 is 2.48 bits per heavy atom. The molecule has 8 heteroatoms. The van der Waals surface area contributed by atoms with Crippen molar-refractivity contribution in [2.75, 3.05) is 13.2 Å². The summed E-state index contributed by atoms with van der Waals surface area (Å²) in [4.78, 5) is 0. The number of rotatable bonds is 8. The summed E-state index contributed by atoms with van der Waals surface area (Å²) in [7, 11) is 0. The molecule has 1 heterocycles. The minimum atomic E-state index is -0.434. The van der Waals surface area contributed by atoms with Crippen LogP contribution in [-0.2, 0) is 0 Å². The lowest BCUT2D eigenvalue weighted by Crippen LogP contribution is -2.31. The van der Waals surface area contributed by atoms with Gasteiger partial charge in [0.2, 0.25) is 0 Å². The quantitative estimate of drug-likeness (QED) is 0.549. The third-order valence-electron chi connectivity index (χ3n) is 4.08. The van der Waals surface area contributed by atoms with Crippen molar-refractivity contribution in [2.24, 2.45) is 5.73 Å². The molecular formula is C21H24ClN3O3S. The maximum atomic E-state index is 9.03. The van der Waals surface area contributed by atoms with Crippen molar-refractivity contribution in [3.8, 4) is 32.6 Å². The van der Waals surface area contributed by atoms with Crippen LogP contribution >= 0.6 is 22.9 Å². The smallest absolute Gasteiger partial charge is 0.149 e. The highest BCUT2D eigenvalue weighted by Gasteiger charge is 2.15. The molecule has 3 N–H and O–H groups in total. The Kier molecular flexibility index (Phi) is 7.08. The van der Waals surface area contributed by atoms with Crippen LogP contribution in [0.25, 0.3) is 21.1 Å². The van der Waals surface area contributed by atoms with Crippen molar-refractivity contribution in [2.45, 2.75) is 32.9 Å². The van der Waals surface area contributed by atoms with E-state index in [2.05, 4.69) is 10.2 Å². The molecule has 0 spiro atoms. The number of halogens is 1. The zero-order valence-corrected chi connectivity index (χ0v) is 18.1. The summed E-state index contributed by atoms with van der Waals surface area (Å²) >= 11 is 7.94. The maximum absolute atomic E-state index is 9.03. The number of aliphatic hydroxyl groups excluding tert-OH is 1. The SMILES string of the molecule is Cc1cc(-c2nnc(-c3ccc(OC(C)C)cc3)s2)c(Cl)cc1OC[C@H](N)CO. The molecule has 0 radical (unpaired) electrons. The Bertz CT molecular complexity index is 960. The fraction of sp³-hybridized carbons (Fsp3) is 0.333. The van der Waals surface area contributed by atoms with E-state index < -0.39 is 6.04 Å². The number of aryl methyl sites for hydroxylation is 1. The van der Waals surface area contributed by atoms with Gasteiger partial charge >= 0.3 is 0 Å². The van der Waals surface area contributed by atoms with E-state index in [0.29, 0.717) is 10.8 Å². The van der Waals surface area contributed by atoms with Crippen molar-refractivity contribution in [1.29, 1.82) is 0 Å². The standard InChI is InChI=1S/C21H24ClN3O3S/c1-12(2)28-16-6-4-14(5-7-16)20-24-25-21(29-20)17-8-13(3)19(9-18(17)22)27-11-15(23)10-26/h4-9,12,15,26H,10-11,23H2,1-3H3/t15-/m1/s1. The predicted octanol–water partition coefficient (Wildman–Crippen LogP) is 4.32. The van der Waals surface area contributed by atoms with E-state index in [0.717, 1.165) is 32.5 Å². The highest BCUT2D eigenvalue weighted by molar-refractivity contribution is 7.18. The maximum Gasteiger partial charge on any atom is 0.149 e. The van der Waals surface area contributed by atoms with Crippen molar-refractivity contribution < 1.29 is 14.6 Å². The van der Waals surface area contributed by atoms with Crippen LogP contribution in [0, 0.1) is 6.92 Å². The summed E-state index contributed by atoms with van der Waals surface area (Å²) in [6.07, 6.45) is 0.130. The van der Waals surface area contributed by atoms with Crippen molar-refractivity contribution >= 4 is 22.9 Å². The minimum Gasteiger partial charge on any atom is -0.492 e. The number of aromatic nitrogens is 2. The number of nitrogens with zero attached hydrogens (tertiary/aromatic N) is 2. The lowest BCUT2D eigenvalue weighted by Gasteiger charge is -2.14. The van der Waals surface area contributed by atoms with E-state index in [1.807, 2.05) is 51.1 Å². The summed E-state index contributed by atoms with van der Waals surface area (Å²) in [5, 5.41) is 19.7. The van der Waals surface area contributed by atoms with Crippen molar-refractivity contribution in [3.63, 3.8) is 0 Å². The molecule has 0 saturated carbocycles. The number of hydrogen-bond acceptors (Lipinski definition) is 7. The summed E-state index contributed by atoms with van der Waals surface area (Å²) in [6.45, 7) is 5.99. The minimum absolute atomic E-state index is 0.130. The van der Waals surface area contributed by atoms with Gasteiger partial charge in [0.25, 0.3) is 0 Å². The van der Waals surface area contributed by atoms with E-state index in [-0.39, 0.29) is 19.3 Å². The lowest BCUT2D eigenvalue weighted by molar-refractivity contribution is 0.206. The average Bonchev–Trinajstić information content (AvgIpc) is 3.18. The molecule has 2 aromatic carbocycles. The summed E-state index contributed by atoms with van der Waals surface area (Å²) < 4.78 is 11.3. The van der Waals surface area contributed by atoms with E-state index in [1.54, 1.807) is 6.07 Å². The molecule has 1 aromatic heterocycles. The second kappa shape index (κ2) is 9.54. The summed E-state index contributed by atoms with van der Waals surface area (Å²) in [5.41, 5.74) is 8.36. The zero-order valence-electron chi connectivity index (χ0n) is 16.6.